The van der Waals surface area contributed by atoms with Gasteiger partial charge < -0.3 is 24.9 Å². The Kier molecular flexibility index (Phi) is 10.8. The lowest BCUT2D eigenvalue weighted by molar-refractivity contribution is -0.137. The third-order valence-electron chi connectivity index (χ3n) is 13.5. The minimum atomic E-state index is -0.648. The Morgan fingerprint density at radius 1 is 0.746 bits per heavy atom. The Hall–Kier alpha value is -6.33. The Morgan fingerprint density at radius 3 is 2.32 bits per heavy atom. The minimum absolute atomic E-state index is 0.0927. The topological polar surface area (TPSA) is 165 Å². The molecule has 4 aromatic heterocycles. The number of nitrogens with zero attached hydrogens (tertiary/aromatic N) is 10. The quantitative estimate of drug-likeness (QED) is 0.207. The maximum absolute atomic E-state index is 15.2. The monoisotopic (exact) mass is 854 g/mol. The number of amides is 4. The van der Waals surface area contributed by atoms with Crippen molar-refractivity contribution in [2.45, 2.75) is 71.1 Å². The van der Waals surface area contributed by atoms with Crippen LogP contribution >= 0.6 is 0 Å². The third kappa shape index (κ3) is 8.22. The van der Waals surface area contributed by atoms with E-state index in [1.807, 2.05) is 50.2 Å². The largest absolute Gasteiger partial charge is 0.354 e. The summed E-state index contributed by atoms with van der Waals surface area (Å²) in [6.45, 7) is 12.4. The normalized spacial score (nSPS) is 20.3. The number of pyridine rings is 3. The lowest BCUT2D eigenvalue weighted by atomic mass is 9.99. The van der Waals surface area contributed by atoms with Crippen LogP contribution in [0.4, 0.5) is 21.8 Å². The summed E-state index contributed by atoms with van der Waals surface area (Å²) < 4.78 is 17.0. The predicted octanol–water partition coefficient (Wildman–Crippen LogP) is 3.82. The molecule has 10 rings (SSSR count). The number of rotatable bonds is 9. The van der Waals surface area contributed by atoms with Crippen molar-refractivity contribution in [3.05, 3.63) is 88.9 Å². The number of piperazine rings is 1. The average Bonchev–Trinajstić information content (AvgIpc) is 3.76. The van der Waals surface area contributed by atoms with E-state index in [1.165, 1.54) is 6.07 Å². The summed E-state index contributed by atoms with van der Waals surface area (Å²) in [5.74, 6) is 0.899. The van der Waals surface area contributed by atoms with Gasteiger partial charge in [-0.2, -0.15) is 5.10 Å². The van der Waals surface area contributed by atoms with E-state index in [0.29, 0.717) is 53.2 Å². The van der Waals surface area contributed by atoms with Crippen LogP contribution in [0.1, 0.15) is 58.7 Å². The molecule has 5 aliphatic rings. The molecule has 17 heteroatoms. The molecule has 0 radical (unpaired) electrons. The molecule has 5 aromatic rings. The zero-order valence-corrected chi connectivity index (χ0v) is 35.6. The number of carbonyl (C=O) groups is 4. The van der Waals surface area contributed by atoms with Crippen LogP contribution in [-0.4, -0.2) is 139 Å². The molecule has 2 N–H and O–H groups in total. The molecular weight excluding hydrogens is 804 g/mol. The lowest BCUT2D eigenvalue weighted by Crippen LogP contribution is -2.52. The number of aryl methyl sites for hydroxylation is 2. The van der Waals surface area contributed by atoms with Gasteiger partial charge in [-0.3, -0.25) is 39.1 Å². The summed E-state index contributed by atoms with van der Waals surface area (Å²) in [4.78, 5) is 75.5. The molecule has 0 aliphatic carbocycles. The number of carbonyl (C=O) groups excluding carboxylic acids is 4. The number of anilines is 3. The van der Waals surface area contributed by atoms with Gasteiger partial charge in [-0.05, 0) is 80.5 Å². The molecule has 326 valence electrons. The van der Waals surface area contributed by atoms with Gasteiger partial charge in [-0.25, -0.2) is 14.4 Å². The number of piperidine rings is 2. The third-order valence-corrected chi connectivity index (χ3v) is 13.5. The summed E-state index contributed by atoms with van der Waals surface area (Å²) >= 11 is 0. The van der Waals surface area contributed by atoms with Gasteiger partial charge in [0.2, 0.25) is 17.7 Å². The zero-order chi connectivity index (χ0) is 43.4. The van der Waals surface area contributed by atoms with Crippen LogP contribution in [0, 0.1) is 19.7 Å². The van der Waals surface area contributed by atoms with E-state index in [1.54, 1.807) is 22.0 Å². The maximum atomic E-state index is 15.2. The van der Waals surface area contributed by atoms with Gasteiger partial charge in [-0.1, -0.05) is 0 Å². The molecule has 0 saturated carbocycles. The number of benzene rings is 1. The van der Waals surface area contributed by atoms with Crippen LogP contribution in [-0.2, 0) is 33.9 Å². The van der Waals surface area contributed by atoms with Gasteiger partial charge in [0.05, 0.1) is 17.8 Å². The highest BCUT2D eigenvalue weighted by molar-refractivity contribution is 6.05. The van der Waals surface area contributed by atoms with Crippen LogP contribution in [0.15, 0.2) is 54.9 Å². The fourth-order valence-corrected chi connectivity index (χ4v) is 9.91. The maximum Gasteiger partial charge on any atom is 0.256 e. The number of halogens is 1. The molecule has 16 nitrogen and oxygen atoms in total. The molecule has 4 amide bonds. The van der Waals surface area contributed by atoms with Crippen molar-refractivity contribution in [3.63, 3.8) is 0 Å². The van der Waals surface area contributed by atoms with E-state index in [2.05, 4.69) is 40.2 Å². The van der Waals surface area contributed by atoms with E-state index in [4.69, 9.17) is 10.1 Å². The van der Waals surface area contributed by atoms with Gasteiger partial charge in [0.15, 0.2) is 5.82 Å². The number of hydrogen-bond acceptors (Lipinski definition) is 12. The lowest BCUT2D eigenvalue weighted by Gasteiger charge is -2.40. The second kappa shape index (κ2) is 16.7. The molecular formula is C46H51FN12O4. The fourth-order valence-electron chi connectivity index (χ4n) is 9.91. The standard InChI is InChI=1S/C46H51FN12O4/c1-28-19-29(2)48-25-36(28)35-20-30-22-40(49-24-31(30)21-37(35)47)51-41-23-33-9-12-57(44(61)27-59(33)53-41)32-7-10-54(11-8-32)13-14-55-15-17-56(18-16-55)42-5-3-34-38(50-42)26-58(46(34)63)39-4-6-43(60)52-45(39)62/h3,5,19-25,32,39H,4,6-18,26-27H2,1-2H3,(H,49,51,53)(H,52,60,62). The molecule has 9 heterocycles. The highest BCUT2D eigenvalue weighted by atomic mass is 19.1. The average molecular weight is 855 g/mol. The minimum Gasteiger partial charge on any atom is -0.354 e. The second-order valence-corrected chi connectivity index (χ2v) is 17.5. The zero-order valence-electron chi connectivity index (χ0n) is 35.6. The van der Waals surface area contributed by atoms with Crippen LogP contribution in [0.25, 0.3) is 21.9 Å². The van der Waals surface area contributed by atoms with E-state index in [0.717, 1.165) is 98.9 Å². The Labute approximate surface area is 364 Å². The molecule has 0 spiro atoms. The van der Waals surface area contributed by atoms with Crippen LogP contribution in [0.2, 0.25) is 0 Å². The summed E-state index contributed by atoms with van der Waals surface area (Å²) in [6.07, 6.45) is 6.54. The van der Waals surface area contributed by atoms with E-state index >= 15 is 4.39 Å². The SMILES string of the molecule is Cc1cc(C)c(-c2cc3cc(Nc4cc5n(n4)CC(=O)N(C4CCN(CCN6CCN(c7ccc8c(n7)CN(C7CCC(=O)NC7=O)C8=O)CC6)CC4)CC5)ncc3cc2F)cn1. The van der Waals surface area contributed by atoms with Crippen LogP contribution in [0.5, 0.6) is 0 Å². The van der Waals surface area contributed by atoms with Gasteiger partial charge in [-0.15, -0.1) is 0 Å². The number of imide groups is 1. The Morgan fingerprint density at radius 2 is 1.54 bits per heavy atom. The summed E-state index contributed by atoms with van der Waals surface area (Å²) in [5.41, 5.74) is 5.31. The first-order valence-corrected chi connectivity index (χ1v) is 22.0. The molecule has 1 unspecified atom stereocenters. The molecule has 3 fully saturated rings. The van der Waals surface area contributed by atoms with E-state index < -0.39 is 11.9 Å². The van der Waals surface area contributed by atoms with Crippen molar-refractivity contribution < 1.29 is 23.6 Å². The first kappa shape index (κ1) is 40.7. The molecule has 3 saturated heterocycles. The van der Waals surface area contributed by atoms with Crippen molar-refractivity contribution in [2.75, 3.05) is 69.1 Å². The number of aromatic nitrogens is 5. The van der Waals surface area contributed by atoms with Crippen molar-refractivity contribution in [2.24, 2.45) is 0 Å². The Bertz CT molecular complexity index is 2640. The fraction of sp³-hybridized carbons (Fsp3) is 0.435. The van der Waals surface area contributed by atoms with Gasteiger partial charge >= 0.3 is 0 Å². The second-order valence-electron chi connectivity index (χ2n) is 17.5. The summed E-state index contributed by atoms with van der Waals surface area (Å²) in [6, 6.07) is 12.5. The summed E-state index contributed by atoms with van der Waals surface area (Å²) in [7, 11) is 0. The highest BCUT2D eigenvalue weighted by Crippen LogP contribution is 2.32. The number of fused-ring (bicyclic) bond motifs is 3. The van der Waals surface area contributed by atoms with Crippen molar-refractivity contribution in [1.82, 2.24) is 49.6 Å². The molecule has 0 bridgehead atoms. The van der Waals surface area contributed by atoms with E-state index in [9.17, 15) is 19.2 Å². The van der Waals surface area contributed by atoms with Crippen molar-refractivity contribution in [3.8, 4) is 11.1 Å². The van der Waals surface area contributed by atoms with Crippen LogP contribution < -0.4 is 15.5 Å². The van der Waals surface area contributed by atoms with Gasteiger partial charge in [0.1, 0.15) is 30.0 Å². The first-order chi connectivity index (χ1) is 30.5. The smallest absolute Gasteiger partial charge is 0.256 e. The van der Waals surface area contributed by atoms with E-state index in [-0.39, 0.29) is 49.1 Å². The van der Waals surface area contributed by atoms with Crippen molar-refractivity contribution >= 4 is 51.9 Å². The first-order valence-electron chi connectivity index (χ1n) is 22.0. The predicted molar refractivity (Wildman–Crippen MR) is 234 cm³/mol. The summed E-state index contributed by atoms with van der Waals surface area (Å²) in [5, 5.41) is 12.0. The van der Waals surface area contributed by atoms with Gasteiger partial charge in [0.25, 0.3) is 5.91 Å². The Balaban J connectivity index is 0.679. The van der Waals surface area contributed by atoms with Gasteiger partial charge in [0, 0.05) is 124 Å². The molecule has 5 aliphatic heterocycles. The van der Waals surface area contributed by atoms with Crippen molar-refractivity contribution in [1.29, 1.82) is 0 Å². The molecule has 1 atom stereocenters. The van der Waals surface area contributed by atoms with Crippen LogP contribution in [0.3, 0.4) is 0 Å². The molecule has 63 heavy (non-hydrogen) atoms. The number of likely N-dealkylation sites (tertiary alicyclic amines) is 1. The number of hydrogen-bond donors (Lipinski definition) is 2. The number of nitrogens with one attached hydrogen (secondary N) is 2. The highest BCUT2D eigenvalue weighted by Gasteiger charge is 2.40. The molecule has 1 aromatic carbocycles.